The van der Waals surface area contributed by atoms with Gasteiger partial charge in [-0.25, -0.2) is 0 Å². The van der Waals surface area contributed by atoms with Crippen LogP contribution in [0.4, 0.5) is 0 Å². The van der Waals surface area contributed by atoms with E-state index in [4.69, 9.17) is 10.6 Å². The molecule has 94 valence electrons. The number of hydrogen-bond donors (Lipinski definition) is 2. The lowest BCUT2D eigenvalue weighted by molar-refractivity contribution is 0.00632. The molecule has 0 heterocycles. The summed E-state index contributed by atoms with van der Waals surface area (Å²) in [4.78, 5) is 0. The van der Waals surface area contributed by atoms with Gasteiger partial charge in [-0.1, -0.05) is 25.3 Å². The lowest BCUT2D eigenvalue weighted by Crippen LogP contribution is -2.48. The molecule has 1 saturated carbocycles. The molecule has 0 aromatic rings. The molecule has 1 aliphatic rings. The number of methoxy groups -OCH3 is 1. The van der Waals surface area contributed by atoms with Gasteiger partial charge in [0, 0.05) is 13.2 Å². The molecule has 3 nitrogen and oxygen atoms in total. The van der Waals surface area contributed by atoms with E-state index in [2.05, 4.69) is 12.0 Å². The van der Waals surface area contributed by atoms with Crippen LogP contribution in [-0.2, 0) is 4.74 Å². The van der Waals surface area contributed by atoms with Crippen molar-refractivity contribution in [3.05, 3.63) is 12.7 Å². The van der Waals surface area contributed by atoms with Crippen molar-refractivity contribution in [1.82, 2.24) is 5.43 Å². The minimum Gasteiger partial charge on any atom is -0.379 e. The Balaban J connectivity index is 2.50. The largest absolute Gasteiger partial charge is 0.379 e. The van der Waals surface area contributed by atoms with Gasteiger partial charge in [-0.05, 0) is 31.6 Å². The molecule has 0 spiro atoms. The van der Waals surface area contributed by atoms with Gasteiger partial charge in [-0.2, -0.15) is 0 Å². The SMILES string of the molecule is C=CCCC(NN)C(OC)C1CCCCC1. The second kappa shape index (κ2) is 7.82. The molecule has 0 aliphatic heterocycles. The number of ether oxygens (including phenoxy) is 1. The van der Waals surface area contributed by atoms with Crippen LogP contribution in [-0.4, -0.2) is 19.3 Å². The van der Waals surface area contributed by atoms with Crippen molar-refractivity contribution in [3.8, 4) is 0 Å². The molecular formula is C13H26N2O. The number of nitrogens with two attached hydrogens (primary N) is 1. The topological polar surface area (TPSA) is 47.3 Å². The third kappa shape index (κ3) is 3.89. The first-order valence-electron chi connectivity index (χ1n) is 6.43. The average Bonchev–Trinajstić information content (AvgIpc) is 2.35. The molecule has 0 aromatic heterocycles. The fourth-order valence-corrected chi connectivity index (χ4v) is 2.79. The fourth-order valence-electron chi connectivity index (χ4n) is 2.79. The summed E-state index contributed by atoms with van der Waals surface area (Å²) in [5, 5.41) is 0. The molecule has 1 aliphatic carbocycles. The molecule has 2 atom stereocenters. The van der Waals surface area contributed by atoms with E-state index in [0.717, 1.165) is 12.8 Å². The first-order valence-corrected chi connectivity index (χ1v) is 6.43. The maximum Gasteiger partial charge on any atom is 0.0765 e. The van der Waals surface area contributed by atoms with Crippen molar-refractivity contribution in [2.75, 3.05) is 7.11 Å². The van der Waals surface area contributed by atoms with E-state index in [1.54, 1.807) is 7.11 Å². The minimum atomic E-state index is 0.255. The van der Waals surface area contributed by atoms with E-state index in [1.165, 1.54) is 32.1 Å². The van der Waals surface area contributed by atoms with Gasteiger partial charge >= 0.3 is 0 Å². The van der Waals surface area contributed by atoms with Gasteiger partial charge in [0.05, 0.1) is 6.10 Å². The van der Waals surface area contributed by atoms with E-state index in [9.17, 15) is 0 Å². The number of hydrazine groups is 1. The van der Waals surface area contributed by atoms with Gasteiger partial charge in [-0.3, -0.25) is 11.3 Å². The Labute approximate surface area is 99.4 Å². The zero-order valence-electron chi connectivity index (χ0n) is 10.5. The van der Waals surface area contributed by atoms with Crippen LogP contribution in [0.15, 0.2) is 12.7 Å². The number of hydrogen-bond acceptors (Lipinski definition) is 3. The zero-order chi connectivity index (χ0) is 11.8. The maximum atomic E-state index is 5.66. The van der Waals surface area contributed by atoms with E-state index in [0.29, 0.717) is 5.92 Å². The van der Waals surface area contributed by atoms with Crippen LogP contribution in [0.25, 0.3) is 0 Å². The zero-order valence-corrected chi connectivity index (χ0v) is 10.5. The van der Waals surface area contributed by atoms with E-state index in [-0.39, 0.29) is 12.1 Å². The van der Waals surface area contributed by atoms with Crippen LogP contribution in [0, 0.1) is 5.92 Å². The van der Waals surface area contributed by atoms with Crippen LogP contribution >= 0.6 is 0 Å². The van der Waals surface area contributed by atoms with E-state index in [1.807, 2.05) is 6.08 Å². The Kier molecular flexibility index (Phi) is 6.69. The van der Waals surface area contributed by atoms with Crippen LogP contribution in [0.2, 0.25) is 0 Å². The second-order valence-corrected chi connectivity index (χ2v) is 4.74. The number of rotatable bonds is 7. The normalized spacial score (nSPS) is 21.6. The monoisotopic (exact) mass is 226 g/mol. The summed E-state index contributed by atoms with van der Waals surface area (Å²) in [5.41, 5.74) is 2.91. The lowest BCUT2D eigenvalue weighted by Gasteiger charge is -2.34. The summed E-state index contributed by atoms with van der Waals surface area (Å²) in [6, 6.07) is 0.256. The molecule has 0 amide bonds. The van der Waals surface area contributed by atoms with Gasteiger partial charge < -0.3 is 4.74 Å². The highest BCUT2D eigenvalue weighted by Gasteiger charge is 2.29. The highest BCUT2D eigenvalue weighted by Crippen LogP contribution is 2.30. The Morgan fingerprint density at radius 3 is 2.62 bits per heavy atom. The molecule has 2 unspecified atom stereocenters. The van der Waals surface area contributed by atoms with Gasteiger partial charge in [-0.15, -0.1) is 6.58 Å². The Hall–Kier alpha value is -0.380. The van der Waals surface area contributed by atoms with Gasteiger partial charge in [0.25, 0.3) is 0 Å². The summed E-state index contributed by atoms with van der Waals surface area (Å²) in [5.74, 6) is 6.30. The summed E-state index contributed by atoms with van der Waals surface area (Å²) in [6.45, 7) is 3.76. The molecule has 1 rings (SSSR count). The average molecular weight is 226 g/mol. The number of allylic oxidation sites excluding steroid dienone is 1. The fraction of sp³-hybridized carbons (Fsp3) is 0.846. The summed E-state index contributed by atoms with van der Waals surface area (Å²) in [7, 11) is 1.80. The number of nitrogens with one attached hydrogen (secondary N) is 1. The summed E-state index contributed by atoms with van der Waals surface area (Å²) < 4.78 is 5.66. The molecule has 0 radical (unpaired) electrons. The lowest BCUT2D eigenvalue weighted by atomic mass is 9.81. The third-order valence-electron chi connectivity index (χ3n) is 3.68. The first-order chi connectivity index (χ1) is 7.83. The van der Waals surface area contributed by atoms with Crippen LogP contribution in [0.1, 0.15) is 44.9 Å². The predicted octanol–water partition coefficient (Wildman–Crippen LogP) is 2.38. The first kappa shape index (κ1) is 13.7. The minimum absolute atomic E-state index is 0.255. The van der Waals surface area contributed by atoms with E-state index >= 15 is 0 Å². The third-order valence-corrected chi connectivity index (χ3v) is 3.68. The highest BCUT2D eigenvalue weighted by atomic mass is 16.5. The maximum absolute atomic E-state index is 5.66. The van der Waals surface area contributed by atoms with Crippen molar-refractivity contribution < 1.29 is 4.74 Å². The van der Waals surface area contributed by atoms with Crippen molar-refractivity contribution >= 4 is 0 Å². The van der Waals surface area contributed by atoms with Crippen molar-refractivity contribution in [2.45, 2.75) is 57.1 Å². The van der Waals surface area contributed by atoms with Gasteiger partial charge in [0.2, 0.25) is 0 Å². The summed E-state index contributed by atoms with van der Waals surface area (Å²) >= 11 is 0. The van der Waals surface area contributed by atoms with Crippen molar-refractivity contribution in [1.29, 1.82) is 0 Å². The predicted molar refractivity (Wildman–Crippen MR) is 67.9 cm³/mol. The molecule has 0 saturated heterocycles. The Morgan fingerprint density at radius 1 is 1.44 bits per heavy atom. The van der Waals surface area contributed by atoms with Crippen LogP contribution in [0.3, 0.4) is 0 Å². The smallest absolute Gasteiger partial charge is 0.0765 e. The van der Waals surface area contributed by atoms with E-state index < -0.39 is 0 Å². The standard InChI is InChI=1S/C13H26N2O/c1-3-4-10-12(15-14)13(16-2)11-8-6-5-7-9-11/h3,11-13,15H,1,4-10,14H2,2H3. The molecule has 0 bridgehead atoms. The highest BCUT2D eigenvalue weighted by molar-refractivity contribution is 4.85. The van der Waals surface area contributed by atoms with Gasteiger partial charge in [0.1, 0.15) is 0 Å². The van der Waals surface area contributed by atoms with Crippen LogP contribution < -0.4 is 11.3 Å². The van der Waals surface area contributed by atoms with Crippen molar-refractivity contribution in [3.63, 3.8) is 0 Å². The molecular weight excluding hydrogens is 200 g/mol. The second-order valence-electron chi connectivity index (χ2n) is 4.74. The molecule has 1 fully saturated rings. The van der Waals surface area contributed by atoms with Crippen LogP contribution in [0.5, 0.6) is 0 Å². The molecule has 0 aromatic carbocycles. The molecule has 16 heavy (non-hydrogen) atoms. The summed E-state index contributed by atoms with van der Waals surface area (Å²) in [6.07, 6.45) is 10.8. The quantitative estimate of drug-likeness (QED) is 0.398. The van der Waals surface area contributed by atoms with Gasteiger partial charge in [0.15, 0.2) is 0 Å². The molecule has 3 N–H and O–H groups in total. The Bertz CT molecular complexity index is 190. The van der Waals surface area contributed by atoms with Crippen molar-refractivity contribution in [2.24, 2.45) is 11.8 Å². The Morgan fingerprint density at radius 2 is 2.12 bits per heavy atom. The molecule has 3 heteroatoms.